The van der Waals surface area contributed by atoms with Gasteiger partial charge in [-0.05, 0) is 0 Å². The van der Waals surface area contributed by atoms with Crippen molar-refractivity contribution >= 4 is 11.9 Å². The Hall–Kier alpha value is -2.26. The molecule has 0 amide bonds. The molecule has 17 heavy (non-hydrogen) atoms. The Labute approximate surface area is 97.7 Å². The van der Waals surface area contributed by atoms with Crippen molar-refractivity contribution in [2.45, 2.75) is 0 Å². The highest BCUT2D eigenvalue weighted by molar-refractivity contribution is 5.36. The Morgan fingerprint density at radius 1 is 1.24 bits per heavy atom. The van der Waals surface area contributed by atoms with Gasteiger partial charge in [-0.15, -0.1) is 0 Å². The molecule has 0 unspecified atom stereocenters. The molecular formula is C8H13N9. The molecule has 0 aliphatic rings. The largest absolute Gasteiger partial charge is 0.292 e. The van der Waals surface area contributed by atoms with E-state index in [-0.39, 0.29) is 5.95 Å². The normalized spacial score (nSPS) is 10.6. The number of anilines is 2. The molecule has 9 heteroatoms. The number of hydrogen-bond acceptors (Lipinski definition) is 8. The average molecular weight is 235 g/mol. The summed E-state index contributed by atoms with van der Waals surface area (Å²) in [6.45, 7) is 0. The summed E-state index contributed by atoms with van der Waals surface area (Å²) in [6.07, 6.45) is 4.96. The highest BCUT2D eigenvalue weighted by atomic mass is 15.5. The zero-order valence-electron chi connectivity index (χ0n) is 9.49. The van der Waals surface area contributed by atoms with E-state index in [1.54, 1.807) is 28.3 Å². The van der Waals surface area contributed by atoms with Crippen LogP contribution in [0, 0.1) is 0 Å². The van der Waals surface area contributed by atoms with Gasteiger partial charge in [0, 0.05) is 26.5 Å². The molecule has 2 rings (SSSR count). The van der Waals surface area contributed by atoms with Gasteiger partial charge in [0.15, 0.2) is 0 Å². The Bertz CT molecular complexity index is 478. The molecule has 0 fully saturated rings. The number of hydrogen-bond donors (Lipinski definition) is 3. The molecule has 2 aromatic rings. The van der Waals surface area contributed by atoms with Gasteiger partial charge >= 0.3 is 0 Å². The minimum absolute atomic E-state index is 0.271. The van der Waals surface area contributed by atoms with Crippen LogP contribution in [-0.2, 0) is 0 Å². The lowest BCUT2D eigenvalue weighted by Gasteiger charge is -2.13. The molecule has 0 bridgehead atoms. The zero-order chi connectivity index (χ0) is 12.3. The maximum Gasteiger partial charge on any atom is 0.244 e. The van der Waals surface area contributed by atoms with Gasteiger partial charge in [0.25, 0.3) is 0 Å². The second-order valence-electron chi connectivity index (χ2n) is 3.40. The van der Waals surface area contributed by atoms with Crippen molar-refractivity contribution in [3.05, 3.63) is 18.7 Å². The second kappa shape index (κ2) is 4.72. The Morgan fingerprint density at radius 3 is 2.59 bits per heavy atom. The van der Waals surface area contributed by atoms with Crippen LogP contribution in [-0.4, -0.2) is 43.6 Å². The molecule has 0 aromatic carbocycles. The van der Waals surface area contributed by atoms with Crippen LogP contribution in [0.1, 0.15) is 0 Å². The van der Waals surface area contributed by atoms with Crippen molar-refractivity contribution in [1.29, 1.82) is 0 Å². The van der Waals surface area contributed by atoms with E-state index in [0.29, 0.717) is 11.9 Å². The maximum absolute atomic E-state index is 5.30. The monoisotopic (exact) mass is 235 g/mol. The Morgan fingerprint density at radius 2 is 2.00 bits per heavy atom. The first kappa shape index (κ1) is 11.2. The summed E-state index contributed by atoms with van der Waals surface area (Å²) >= 11 is 0. The minimum atomic E-state index is 0.271. The van der Waals surface area contributed by atoms with Crippen molar-refractivity contribution in [1.82, 2.24) is 29.5 Å². The minimum Gasteiger partial charge on any atom is -0.292 e. The van der Waals surface area contributed by atoms with Crippen molar-refractivity contribution in [3.8, 4) is 5.95 Å². The zero-order valence-corrected chi connectivity index (χ0v) is 9.49. The number of nitrogens with two attached hydrogens (primary N) is 1. The molecule has 0 aliphatic carbocycles. The van der Waals surface area contributed by atoms with Crippen LogP contribution in [0.5, 0.6) is 0 Å². The molecule has 0 spiro atoms. The molecule has 4 N–H and O–H groups in total. The van der Waals surface area contributed by atoms with Crippen molar-refractivity contribution in [2.75, 3.05) is 24.9 Å². The van der Waals surface area contributed by atoms with Gasteiger partial charge in [-0.1, -0.05) is 0 Å². The van der Waals surface area contributed by atoms with E-state index in [2.05, 4.69) is 30.8 Å². The highest BCUT2D eigenvalue weighted by Crippen LogP contribution is 2.08. The van der Waals surface area contributed by atoms with Gasteiger partial charge in [-0.25, -0.2) is 15.8 Å². The first-order valence-corrected chi connectivity index (χ1v) is 4.84. The molecule has 2 heterocycles. The fourth-order valence-electron chi connectivity index (χ4n) is 1.17. The van der Waals surface area contributed by atoms with Gasteiger partial charge in [-0.3, -0.25) is 15.4 Å². The van der Waals surface area contributed by atoms with Gasteiger partial charge in [0.1, 0.15) is 6.33 Å². The van der Waals surface area contributed by atoms with Gasteiger partial charge < -0.3 is 0 Å². The molecule has 0 saturated carbocycles. The molecule has 0 radical (unpaired) electrons. The van der Waals surface area contributed by atoms with Gasteiger partial charge in [0.05, 0.1) is 0 Å². The third-order valence-electron chi connectivity index (χ3n) is 1.81. The van der Waals surface area contributed by atoms with E-state index in [1.165, 1.54) is 0 Å². The second-order valence-corrected chi connectivity index (χ2v) is 3.40. The highest BCUT2D eigenvalue weighted by Gasteiger charge is 2.07. The van der Waals surface area contributed by atoms with E-state index in [1.807, 2.05) is 14.1 Å². The summed E-state index contributed by atoms with van der Waals surface area (Å²) in [5, 5.41) is 1.72. The average Bonchev–Trinajstić information content (AvgIpc) is 2.81. The van der Waals surface area contributed by atoms with Crippen LogP contribution in [0.4, 0.5) is 11.9 Å². The number of rotatable bonds is 4. The molecule has 90 valence electrons. The van der Waals surface area contributed by atoms with E-state index in [0.717, 1.165) is 0 Å². The maximum atomic E-state index is 5.30. The van der Waals surface area contributed by atoms with E-state index in [4.69, 9.17) is 5.84 Å². The van der Waals surface area contributed by atoms with Gasteiger partial charge in [-0.2, -0.15) is 15.0 Å². The topological polar surface area (TPSA) is 110 Å². The molecule has 9 nitrogen and oxygen atoms in total. The summed E-state index contributed by atoms with van der Waals surface area (Å²) < 4.78 is 1.66. The standard InChI is InChI=1S/C8H13N9/c1-16(2)15-7-11-6(14-9)12-8(13-7)17-4-3-10-5-17/h3-5H,9H2,1-2H3,(H2,11,12,13,14,15). The summed E-state index contributed by atoms with van der Waals surface area (Å²) in [6, 6.07) is 0. The van der Waals surface area contributed by atoms with Crippen LogP contribution in [0.2, 0.25) is 0 Å². The third-order valence-corrected chi connectivity index (χ3v) is 1.81. The van der Waals surface area contributed by atoms with Crippen molar-refractivity contribution in [2.24, 2.45) is 5.84 Å². The smallest absolute Gasteiger partial charge is 0.244 e. The number of hydrazine groups is 2. The number of nitrogens with one attached hydrogen (secondary N) is 2. The van der Waals surface area contributed by atoms with E-state index >= 15 is 0 Å². The first-order valence-electron chi connectivity index (χ1n) is 4.84. The number of aromatic nitrogens is 5. The lowest BCUT2D eigenvalue weighted by atomic mass is 10.8. The molecule has 0 saturated heterocycles. The predicted molar refractivity (Wildman–Crippen MR) is 62.1 cm³/mol. The van der Waals surface area contributed by atoms with Crippen LogP contribution < -0.4 is 16.7 Å². The molecular weight excluding hydrogens is 222 g/mol. The summed E-state index contributed by atoms with van der Waals surface area (Å²) in [4.78, 5) is 16.3. The number of imidazole rings is 1. The summed E-state index contributed by atoms with van der Waals surface area (Å²) in [7, 11) is 3.66. The van der Waals surface area contributed by atoms with Crippen LogP contribution in [0.25, 0.3) is 5.95 Å². The number of nitrogens with zero attached hydrogens (tertiary/aromatic N) is 6. The quantitative estimate of drug-likeness (QED) is 0.468. The summed E-state index contributed by atoms with van der Waals surface area (Å²) in [5.74, 6) is 6.39. The molecule has 0 atom stereocenters. The first-order chi connectivity index (χ1) is 8.19. The predicted octanol–water partition coefficient (Wildman–Crippen LogP) is -0.769. The van der Waals surface area contributed by atoms with Gasteiger partial charge in [0.2, 0.25) is 17.8 Å². The summed E-state index contributed by atoms with van der Waals surface area (Å²) in [5.41, 5.74) is 5.31. The lowest BCUT2D eigenvalue weighted by molar-refractivity contribution is 0.488. The molecule has 0 aliphatic heterocycles. The Balaban J connectivity index is 2.38. The van der Waals surface area contributed by atoms with Crippen molar-refractivity contribution < 1.29 is 0 Å². The van der Waals surface area contributed by atoms with Crippen LogP contribution in [0.15, 0.2) is 18.7 Å². The Kier molecular flexibility index (Phi) is 3.12. The lowest BCUT2D eigenvalue weighted by Crippen LogP contribution is -2.23. The SMILES string of the molecule is CN(C)Nc1nc(NN)nc(-n2ccnc2)n1. The fourth-order valence-corrected chi connectivity index (χ4v) is 1.17. The number of nitrogen functional groups attached to an aromatic ring is 1. The van der Waals surface area contributed by atoms with Crippen LogP contribution >= 0.6 is 0 Å². The van der Waals surface area contributed by atoms with E-state index in [9.17, 15) is 0 Å². The van der Waals surface area contributed by atoms with Crippen molar-refractivity contribution in [3.63, 3.8) is 0 Å². The van der Waals surface area contributed by atoms with E-state index < -0.39 is 0 Å². The van der Waals surface area contributed by atoms with Crippen LogP contribution in [0.3, 0.4) is 0 Å². The fraction of sp³-hybridized carbons (Fsp3) is 0.250. The molecule has 2 aromatic heterocycles. The third kappa shape index (κ3) is 2.65.